The molecule has 1 aliphatic heterocycles. The van der Waals surface area contributed by atoms with Gasteiger partial charge in [-0.25, -0.2) is 4.98 Å². The zero-order valence-electron chi connectivity index (χ0n) is 10.1. The molecular weight excluding hydrogens is 236 g/mol. The average Bonchev–Trinajstić information content (AvgIpc) is 2.57. The number of pyridine rings is 1. The summed E-state index contributed by atoms with van der Waals surface area (Å²) in [5.41, 5.74) is 6.06. The molecule has 0 aliphatic carbocycles. The summed E-state index contributed by atoms with van der Waals surface area (Å²) in [4.78, 5) is 6.52. The van der Waals surface area contributed by atoms with Crippen LogP contribution in [-0.4, -0.2) is 23.4 Å². The predicted octanol–water partition coefficient (Wildman–Crippen LogP) is 2.25. The summed E-state index contributed by atoms with van der Waals surface area (Å²) < 4.78 is 0. The lowest BCUT2D eigenvalue weighted by molar-refractivity contribution is 0.625. The summed E-state index contributed by atoms with van der Waals surface area (Å²) in [6.45, 7) is 5.34. The molecule has 92 valence electrons. The minimum absolute atomic E-state index is 0.0152. The van der Waals surface area contributed by atoms with E-state index in [1.807, 2.05) is 0 Å². The molecule has 0 aromatic carbocycles. The van der Waals surface area contributed by atoms with Crippen LogP contribution >= 0.6 is 11.6 Å². The number of hydrogen-bond acceptors (Lipinski definition) is 3. The van der Waals surface area contributed by atoms with Crippen molar-refractivity contribution in [1.82, 2.24) is 4.98 Å². The number of nitrogens with two attached hydrogens (primary N) is 1. The zero-order chi connectivity index (χ0) is 12.6. The van der Waals surface area contributed by atoms with Gasteiger partial charge in [-0.3, -0.25) is 5.41 Å². The van der Waals surface area contributed by atoms with Gasteiger partial charge in [0.15, 0.2) is 0 Å². The van der Waals surface area contributed by atoms with Crippen LogP contribution in [-0.2, 0) is 0 Å². The summed E-state index contributed by atoms with van der Waals surface area (Å²) in [5, 5.41) is 7.97. The Morgan fingerprint density at radius 3 is 2.82 bits per heavy atom. The average molecular weight is 253 g/mol. The van der Waals surface area contributed by atoms with Crippen LogP contribution < -0.4 is 10.6 Å². The van der Waals surface area contributed by atoms with E-state index in [1.165, 1.54) is 0 Å². The van der Waals surface area contributed by atoms with Crippen molar-refractivity contribution in [1.29, 1.82) is 5.41 Å². The van der Waals surface area contributed by atoms with E-state index in [-0.39, 0.29) is 5.84 Å². The number of aromatic nitrogens is 1. The van der Waals surface area contributed by atoms with Gasteiger partial charge in [0.1, 0.15) is 11.7 Å². The second-order valence-electron chi connectivity index (χ2n) is 4.75. The van der Waals surface area contributed by atoms with Gasteiger partial charge < -0.3 is 10.6 Å². The quantitative estimate of drug-likeness (QED) is 0.627. The largest absolute Gasteiger partial charge is 0.384 e. The van der Waals surface area contributed by atoms with Gasteiger partial charge in [0.05, 0.1) is 5.02 Å². The second kappa shape index (κ2) is 4.53. The van der Waals surface area contributed by atoms with Gasteiger partial charge >= 0.3 is 0 Å². The van der Waals surface area contributed by atoms with E-state index in [0.29, 0.717) is 22.5 Å². The first kappa shape index (κ1) is 12.2. The van der Waals surface area contributed by atoms with Crippen LogP contribution in [0.3, 0.4) is 0 Å². The van der Waals surface area contributed by atoms with Crippen molar-refractivity contribution in [2.45, 2.75) is 26.3 Å². The van der Waals surface area contributed by atoms with Crippen molar-refractivity contribution < 1.29 is 0 Å². The third kappa shape index (κ3) is 2.22. The van der Waals surface area contributed by atoms with Crippen molar-refractivity contribution in [3.63, 3.8) is 0 Å². The molecule has 1 aromatic heterocycles. The number of nitrogens with zero attached hydrogens (tertiary/aromatic N) is 2. The van der Waals surface area contributed by atoms with Crippen LogP contribution in [0.25, 0.3) is 0 Å². The van der Waals surface area contributed by atoms with E-state index >= 15 is 0 Å². The highest BCUT2D eigenvalue weighted by Crippen LogP contribution is 2.33. The number of amidine groups is 1. The van der Waals surface area contributed by atoms with Gasteiger partial charge in [-0.1, -0.05) is 18.5 Å². The molecule has 0 radical (unpaired) electrons. The number of hydrogen-bond donors (Lipinski definition) is 2. The minimum Gasteiger partial charge on any atom is -0.384 e. The molecule has 2 rings (SSSR count). The third-order valence-electron chi connectivity index (χ3n) is 3.22. The Morgan fingerprint density at radius 2 is 2.29 bits per heavy atom. The molecule has 5 heteroatoms. The highest BCUT2D eigenvalue weighted by Gasteiger charge is 2.29. The van der Waals surface area contributed by atoms with Gasteiger partial charge in [-0.2, -0.15) is 0 Å². The van der Waals surface area contributed by atoms with Gasteiger partial charge in [0.2, 0.25) is 0 Å². The Hall–Kier alpha value is -1.29. The zero-order valence-corrected chi connectivity index (χ0v) is 10.8. The van der Waals surface area contributed by atoms with Crippen LogP contribution in [0.5, 0.6) is 0 Å². The fourth-order valence-electron chi connectivity index (χ4n) is 2.44. The SMILES string of the molecule is CC1CC(C)N(c2nccc(C(=N)N)c2Cl)C1. The van der Waals surface area contributed by atoms with Crippen LogP contribution in [0.2, 0.25) is 5.02 Å². The lowest BCUT2D eigenvalue weighted by Gasteiger charge is -2.24. The van der Waals surface area contributed by atoms with E-state index in [2.05, 4.69) is 23.7 Å². The standard InChI is InChI=1S/C12H17ClN4/c1-7-5-8(2)17(6-7)12-10(13)9(11(14)15)3-4-16-12/h3-4,7-8H,5-6H2,1-2H3,(H3,14,15). The first-order valence-corrected chi connectivity index (χ1v) is 6.14. The van der Waals surface area contributed by atoms with Crippen LogP contribution in [0.1, 0.15) is 25.8 Å². The summed E-state index contributed by atoms with van der Waals surface area (Å²) in [6.07, 6.45) is 2.80. The summed E-state index contributed by atoms with van der Waals surface area (Å²) in [5.74, 6) is 1.37. The molecule has 4 nitrogen and oxygen atoms in total. The van der Waals surface area contributed by atoms with E-state index in [1.54, 1.807) is 12.3 Å². The third-order valence-corrected chi connectivity index (χ3v) is 3.59. The molecule has 1 fully saturated rings. The molecule has 17 heavy (non-hydrogen) atoms. The molecule has 1 aliphatic rings. The lowest BCUT2D eigenvalue weighted by atomic mass is 10.1. The molecular formula is C12H17ClN4. The number of nitrogen functional groups attached to an aromatic ring is 1. The van der Waals surface area contributed by atoms with E-state index < -0.39 is 0 Å². The Labute approximate surface area is 106 Å². The molecule has 1 saturated heterocycles. The van der Waals surface area contributed by atoms with Crippen molar-refractivity contribution in [2.24, 2.45) is 11.7 Å². The Balaban J connectivity index is 2.39. The number of rotatable bonds is 2. The molecule has 0 saturated carbocycles. The number of nitrogens with one attached hydrogen (secondary N) is 1. The maximum Gasteiger partial charge on any atom is 0.148 e. The molecule has 3 N–H and O–H groups in total. The Morgan fingerprint density at radius 1 is 1.59 bits per heavy atom. The number of halogens is 1. The van der Waals surface area contributed by atoms with E-state index in [4.69, 9.17) is 22.7 Å². The van der Waals surface area contributed by atoms with Crippen LogP contribution in [0.4, 0.5) is 5.82 Å². The lowest BCUT2D eigenvalue weighted by Crippen LogP contribution is -2.28. The smallest absolute Gasteiger partial charge is 0.148 e. The number of anilines is 1. The molecule has 0 amide bonds. The molecule has 2 atom stereocenters. The van der Waals surface area contributed by atoms with Crippen molar-refractivity contribution >= 4 is 23.3 Å². The topological polar surface area (TPSA) is 66.0 Å². The van der Waals surface area contributed by atoms with Crippen molar-refractivity contribution in [2.75, 3.05) is 11.4 Å². The molecule has 0 bridgehead atoms. The van der Waals surface area contributed by atoms with Crippen LogP contribution in [0, 0.1) is 11.3 Å². The van der Waals surface area contributed by atoms with E-state index in [0.717, 1.165) is 18.8 Å². The fourth-order valence-corrected chi connectivity index (χ4v) is 2.76. The minimum atomic E-state index is -0.0152. The van der Waals surface area contributed by atoms with Gasteiger partial charge in [-0.15, -0.1) is 0 Å². The van der Waals surface area contributed by atoms with Crippen LogP contribution in [0.15, 0.2) is 12.3 Å². The highest BCUT2D eigenvalue weighted by molar-refractivity contribution is 6.36. The Bertz CT molecular complexity index is 446. The summed E-state index contributed by atoms with van der Waals surface area (Å²) in [7, 11) is 0. The monoisotopic (exact) mass is 252 g/mol. The first-order chi connectivity index (χ1) is 8.00. The predicted molar refractivity (Wildman–Crippen MR) is 70.9 cm³/mol. The first-order valence-electron chi connectivity index (χ1n) is 5.76. The maximum absolute atomic E-state index is 7.48. The molecule has 2 heterocycles. The second-order valence-corrected chi connectivity index (χ2v) is 5.13. The normalized spacial score (nSPS) is 24.1. The van der Waals surface area contributed by atoms with Gasteiger partial charge in [-0.05, 0) is 25.3 Å². The van der Waals surface area contributed by atoms with Crippen molar-refractivity contribution in [3.8, 4) is 0 Å². The Kier molecular flexibility index (Phi) is 3.24. The van der Waals surface area contributed by atoms with Crippen molar-refractivity contribution in [3.05, 3.63) is 22.8 Å². The molecule has 0 spiro atoms. The fraction of sp³-hybridized carbons (Fsp3) is 0.500. The van der Waals surface area contributed by atoms with Gasteiger partial charge in [0.25, 0.3) is 0 Å². The highest BCUT2D eigenvalue weighted by atomic mass is 35.5. The maximum atomic E-state index is 7.48. The molecule has 2 unspecified atom stereocenters. The van der Waals surface area contributed by atoms with Gasteiger partial charge in [0, 0.05) is 24.3 Å². The summed E-state index contributed by atoms with van der Waals surface area (Å²) >= 11 is 6.27. The molecule has 1 aromatic rings. The summed E-state index contributed by atoms with van der Waals surface area (Å²) in [6, 6.07) is 2.11. The van der Waals surface area contributed by atoms with E-state index in [9.17, 15) is 0 Å².